The van der Waals surface area contributed by atoms with Crippen LogP contribution in [0.4, 0.5) is 5.13 Å². The van der Waals surface area contributed by atoms with E-state index in [1.54, 1.807) is 0 Å². The van der Waals surface area contributed by atoms with Crippen molar-refractivity contribution in [3.63, 3.8) is 0 Å². The fraction of sp³-hybridized carbons (Fsp3) is 0.318. The van der Waals surface area contributed by atoms with Crippen LogP contribution in [0.1, 0.15) is 64.5 Å². The van der Waals surface area contributed by atoms with Crippen LogP contribution in [0.2, 0.25) is 5.02 Å². The van der Waals surface area contributed by atoms with Crippen LogP contribution in [0.15, 0.2) is 48.5 Å². The zero-order valence-electron chi connectivity index (χ0n) is 15.5. The first kappa shape index (κ1) is 19.1. The van der Waals surface area contributed by atoms with E-state index >= 15 is 0 Å². The molecule has 1 amide bonds. The van der Waals surface area contributed by atoms with Gasteiger partial charge in [-0.2, -0.15) is 0 Å². The third-order valence-electron chi connectivity index (χ3n) is 5.24. The van der Waals surface area contributed by atoms with Crippen LogP contribution in [0, 0.1) is 0 Å². The summed E-state index contributed by atoms with van der Waals surface area (Å²) in [6.07, 6.45) is 7.07. The summed E-state index contributed by atoms with van der Waals surface area (Å²) in [5.74, 6) is 0.483. The first-order valence-electron chi connectivity index (χ1n) is 9.66. The van der Waals surface area contributed by atoms with Gasteiger partial charge in [-0.15, -0.1) is 10.2 Å². The Hall–Kier alpha value is -2.24. The molecule has 144 valence electrons. The molecular formula is C22H22ClN3OS. The Labute approximate surface area is 174 Å². The fourth-order valence-corrected chi connectivity index (χ4v) is 4.65. The summed E-state index contributed by atoms with van der Waals surface area (Å²) in [7, 11) is 0. The van der Waals surface area contributed by atoms with Crippen LogP contribution >= 0.6 is 22.9 Å². The Morgan fingerprint density at radius 3 is 2.54 bits per heavy atom. The van der Waals surface area contributed by atoms with Crippen LogP contribution in [0.3, 0.4) is 0 Å². The molecule has 2 aromatic carbocycles. The number of carbonyl (C=O) groups is 1. The van der Waals surface area contributed by atoms with Gasteiger partial charge in [0.15, 0.2) is 0 Å². The van der Waals surface area contributed by atoms with Gasteiger partial charge in [-0.25, -0.2) is 0 Å². The van der Waals surface area contributed by atoms with Gasteiger partial charge in [-0.3, -0.25) is 10.1 Å². The maximum Gasteiger partial charge on any atom is 0.257 e. The van der Waals surface area contributed by atoms with Crippen molar-refractivity contribution in [2.75, 3.05) is 5.32 Å². The van der Waals surface area contributed by atoms with E-state index in [0.717, 1.165) is 10.6 Å². The highest BCUT2D eigenvalue weighted by molar-refractivity contribution is 7.15. The molecule has 1 aliphatic carbocycles. The molecule has 28 heavy (non-hydrogen) atoms. The Kier molecular flexibility index (Phi) is 6.03. The predicted octanol–water partition coefficient (Wildman–Crippen LogP) is 6.08. The molecule has 0 aliphatic heterocycles. The number of rotatable bonds is 5. The molecule has 0 atom stereocenters. The average Bonchev–Trinajstić information content (AvgIpc) is 3.17. The van der Waals surface area contributed by atoms with Crippen molar-refractivity contribution in [2.24, 2.45) is 0 Å². The van der Waals surface area contributed by atoms with Crippen molar-refractivity contribution >= 4 is 34.0 Å². The maximum absolute atomic E-state index is 12.5. The number of halogens is 1. The second kappa shape index (κ2) is 8.84. The Bertz CT molecular complexity index is 948. The molecule has 1 aromatic heterocycles. The molecule has 1 aliphatic rings. The van der Waals surface area contributed by atoms with Crippen LogP contribution in [0.25, 0.3) is 0 Å². The molecule has 1 heterocycles. The fourth-order valence-electron chi connectivity index (χ4n) is 3.69. The number of carbonyl (C=O) groups excluding carboxylic acids is 1. The number of anilines is 1. The minimum atomic E-state index is -0.157. The third kappa shape index (κ3) is 4.59. The monoisotopic (exact) mass is 411 g/mol. The molecular weight excluding hydrogens is 390 g/mol. The summed E-state index contributed by atoms with van der Waals surface area (Å²) in [6.45, 7) is 0. The summed E-state index contributed by atoms with van der Waals surface area (Å²) < 4.78 is 0. The molecule has 4 rings (SSSR count). The van der Waals surface area contributed by atoms with Crippen molar-refractivity contribution in [1.29, 1.82) is 0 Å². The Balaban J connectivity index is 1.38. The van der Waals surface area contributed by atoms with Crippen LogP contribution in [0.5, 0.6) is 0 Å². The summed E-state index contributed by atoms with van der Waals surface area (Å²) in [5, 5.41) is 13.1. The highest BCUT2D eigenvalue weighted by Gasteiger charge is 2.16. The first-order valence-corrected chi connectivity index (χ1v) is 10.9. The standard InChI is InChI=1S/C22H22ClN3OS/c23-19-9-5-4-8-18(19)14-20-25-26-22(28-20)24-21(27)17-12-10-16(11-13-17)15-6-2-1-3-7-15/h4-5,8-13,15H,1-3,6-7,14H2,(H,24,26,27). The van der Waals surface area contributed by atoms with E-state index in [1.807, 2.05) is 36.4 Å². The van der Waals surface area contributed by atoms with Crippen molar-refractivity contribution < 1.29 is 4.79 Å². The summed E-state index contributed by atoms with van der Waals surface area (Å²) in [6, 6.07) is 15.7. The number of amides is 1. The minimum absolute atomic E-state index is 0.157. The van der Waals surface area contributed by atoms with Gasteiger partial charge in [0.25, 0.3) is 5.91 Å². The molecule has 1 saturated carbocycles. The molecule has 6 heteroatoms. The first-order chi connectivity index (χ1) is 13.7. The van der Waals surface area contributed by atoms with Gasteiger partial charge in [-0.1, -0.05) is 72.5 Å². The van der Waals surface area contributed by atoms with Gasteiger partial charge in [0.1, 0.15) is 5.01 Å². The molecule has 0 radical (unpaired) electrons. The quantitative estimate of drug-likeness (QED) is 0.553. The van der Waals surface area contributed by atoms with Gasteiger partial charge in [0, 0.05) is 17.0 Å². The van der Waals surface area contributed by atoms with E-state index < -0.39 is 0 Å². The van der Waals surface area contributed by atoms with E-state index in [2.05, 4.69) is 27.6 Å². The van der Waals surface area contributed by atoms with Crippen LogP contribution in [-0.2, 0) is 6.42 Å². The molecule has 3 aromatic rings. The molecule has 1 fully saturated rings. The Morgan fingerprint density at radius 1 is 1.04 bits per heavy atom. The second-order valence-corrected chi connectivity index (χ2v) is 8.65. The molecule has 0 saturated heterocycles. The van der Waals surface area contributed by atoms with Gasteiger partial charge in [0.2, 0.25) is 5.13 Å². The highest BCUT2D eigenvalue weighted by Crippen LogP contribution is 2.32. The van der Waals surface area contributed by atoms with E-state index in [9.17, 15) is 4.79 Å². The predicted molar refractivity (Wildman–Crippen MR) is 114 cm³/mol. The number of nitrogens with one attached hydrogen (secondary N) is 1. The van der Waals surface area contributed by atoms with Crippen molar-refractivity contribution in [3.8, 4) is 0 Å². The lowest BCUT2D eigenvalue weighted by Crippen LogP contribution is -2.12. The van der Waals surface area contributed by atoms with Gasteiger partial charge >= 0.3 is 0 Å². The molecule has 0 bridgehead atoms. The zero-order chi connectivity index (χ0) is 19.3. The van der Waals surface area contributed by atoms with Crippen molar-refractivity contribution in [2.45, 2.75) is 44.4 Å². The number of aromatic nitrogens is 2. The normalized spacial score (nSPS) is 14.8. The highest BCUT2D eigenvalue weighted by atomic mass is 35.5. The average molecular weight is 412 g/mol. The van der Waals surface area contributed by atoms with Gasteiger partial charge in [0.05, 0.1) is 0 Å². The van der Waals surface area contributed by atoms with E-state index in [4.69, 9.17) is 11.6 Å². The lowest BCUT2D eigenvalue weighted by molar-refractivity contribution is 0.102. The smallest absolute Gasteiger partial charge is 0.257 e. The maximum atomic E-state index is 12.5. The SMILES string of the molecule is O=C(Nc1nnc(Cc2ccccc2Cl)s1)c1ccc(C2CCCCC2)cc1. The largest absolute Gasteiger partial charge is 0.296 e. The summed E-state index contributed by atoms with van der Waals surface area (Å²) >= 11 is 7.57. The zero-order valence-corrected chi connectivity index (χ0v) is 17.1. The Morgan fingerprint density at radius 2 is 1.79 bits per heavy atom. The van der Waals surface area contributed by atoms with E-state index in [0.29, 0.717) is 28.1 Å². The van der Waals surface area contributed by atoms with E-state index in [-0.39, 0.29) is 5.91 Å². The van der Waals surface area contributed by atoms with Gasteiger partial charge < -0.3 is 0 Å². The summed E-state index contributed by atoms with van der Waals surface area (Å²) in [4.78, 5) is 12.5. The number of hydrogen-bond acceptors (Lipinski definition) is 4. The van der Waals surface area contributed by atoms with Gasteiger partial charge in [-0.05, 0) is 48.1 Å². The number of benzene rings is 2. The third-order valence-corrected chi connectivity index (χ3v) is 6.44. The topological polar surface area (TPSA) is 54.9 Å². The molecule has 4 nitrogen and oxygen atoms in total. The van der Waals surface area contributed by atoms with Crippen LogP contribution < -0.4 is 5.32 Å². The number of hydrogen-bond donors (Lipinski definition) is 1. The lowest BCUT2D eigenvalue weighted by atomic mass is 9.84. The number of nitrogens with zero attached hydrogens (tertiary/aromatic N) is 2. The van der Waals surface area contributed by atoms with Crippen molar-refractivity contribution in [1.82, 2.24) is 10.2 Å². The molecule has 0 unspecified atom stereocenters. The van der Waals surface area contributed by atoms with Crippen molar-refractivity contribution in [3.05, 3.63) is 75.3 Å². The lowest BCUT2D eigenvalue weighted by Gasteiger charge is -2.22. The molecule has 1 N–H and O–H groups in total. The minimum Gasteiger partial charge on any atom is -0.296 e. The van der Waals surface area contributed by atoms with E-state index in [1.165, 1.54) is 49.0 Å². The second-order valence-electron chi connectivity index (χ2n) is 7.18. The summed E-state index contributed by atoms with van der Waals surface area (Å²) in [5.41, 5.74) is 2.98. The van der Waals surface area contributed by atoms with Crippen LogP contribution in [-0.4, -0.2) is 16.1 Å². The molecule has 0 spiro atoms.